The van der Waals surface area contributed by atoms with E-state index in [2.05, 4.69) is 18.8 Å². The number of rotatable bonds is 4. The van der Waals surface area contributed by atoms with Gasteiger partial charge < -0.3 is 14.9 Å². The molecule has 0 heterocycles. The van der Waals surface area contributed by atoms with E-state index in [0.29, 0.717) is 18.1 Å². The third-order valence-corrected chi connectivity index (χ3v) is 5.45. The second-order valence-corrected chi connectivity index (χ2v) is 7.17. The lowest BCUT2D eigenvalue weighted by Crippen LogP contribution is -2.65. The van der Waals surface area contributed by atoms with Gasteiger partial charge in [-0.1, -0.05) is 13.8 Å². The predicted octanol–water partition coefficient (Wildman–Crippen LogP) is 1.56. The zero-order valence-electron chi connectivity index (χ0n) is 13.6. The fraction of sp³-hybridized carbons (Fsp3) is 0.875. The normalized spacial score (nSPS) is 38.5. The molecule has 0 aromatic heterocycles. The van der Waals surface area contributed by atoms with Crippen molar-refractivity contribution in [3.8, 4) is 0 Å². The van der Waals surface area contributed by atoms with Crippen LogP contribution in [-0.4, -0.2) is 46.2 Å². The molecule has 3 aliphatic carbocycles. The third-order valence-electron chi connectivity index (χ3n) is 5.45. The SMILES string of the molecule is CCOC(=O)[C@H](N=C1C[C@H]2C[C@H](C2(C)C)[C@@]1(C)O)[C@H](C)O. The van der Waals surface area contributed by atoms with E-state index in [0.717, 1.165) is 6.42 Å². The quantitative estimate of drug-likeness (QED) is 0.772. The maximum absolute atomic E-state index is 11.9. The number of aliphatic hydroxyl groups excluding tert-OH is 1. The molecule has 0 amide bonds. The van der Waals surface area contributed by atoms with Gasteiger partial charge in [-0.15, -0.1) is 0 Å². The molecule has 0 aromatic rings. The fourth-order valence-electron chi connectivity index (χ4n) is 3.89. The molecule has 3 fully saturated rings. The largest absolute Gasteiger partial charge is 0.464 e. The standard InChI is InChI=1S/C16H27NO4/c1-6-21-14(19)13(9(2)18)17-12-8-10-7-11(15(10,3)4)16(12,5)20/h9-11,13,18,20H,6-8H2,1-5H3/t9-,10+,11+,13+,16+/m0/s1. The Bertz CT molecular complexity index is 453. The van der Waals surface area contributed by atoms with Crippen molar-refractivity contribution in [3.05, 3.63) is 0 Å². The smallest absolute Gasteiger partial charge is 0.333 e. The van der Waals surface area contributed by atoms with Gasteiger partial charge >= 0.3 is 5.97 Å². The Labute approximate surface area is 126 Å². The lowest BCUT2D eigenvalue weighted by molar-refractivity contribution is -0.147. The maximum atomic E-state index is 11.9. The molecule has 0 radical (unpaired) electrons. The predicted molar refractivity (Wildman–Crippen MR) is 80.2 cm³/mol. The molecule has 0 aliphatic heterocycles. The van der Waals surface area contributed by atoms with Crippen molar-refractivity contribution in [1.82, 2.24) is 0 Å². The van der Waals surface area contributed by atoms with Crippen LogP contribution in [0.4, 0.5) is 0 Å². The zero-order chi connectivity index (χ0) is 16.0. The second-order valence-electron chi connectivity index (χ2n) is 7.17. The van der Waals surface area contributed by atoms with Crippen molar-refractivity contribution in [3.63, 3.8) is 0 Å². The van der Waals surface area contributed by atoms with E-state index in [1.165, 1.54) is 6.92 Å². The number of esters is 1. The first-order valence-corrected chi connectivity index (χ1v) is 7.76. The monoisotopic (exact) mass is 297 g/mol. The van der Waals surface area contributed by atoms with Gasteiger partial charge in [0.15, 0.2) is 6.04 Å². The van der Waals surface area contributed by atoms with E-state index in [-0.39, 0.29) is 17.9 Å². The molecule has 0 saturated heterocycles. The molecule has 2 N–H and O–H groups in total. The van der Waals surface area contributed by atoms with Gasteiger partial charge in [-0.2, -0.15) is 0 Å². The lowest BCUT2D eigenvalue weighted by atomic mass is 9.44. The molecule has 120 valence electrons. The van der Waals surface area contributed by atoms with Crippen molar-refractivity contribution < 1.29 is 19.7 Å². The average Bonchev–Trinajstić information content (AvgIpc) is 2.35. The Kier molecular flexibility index (Phi) is 4.19. The summed E-state index contributed by atoms with van der Waals surface area (Å²) >= 11 is 0. The molecular formula is C16H27NO4. The van der Waals surface area contributed by atoms with Crippen LogP contribution in [0.25, 0.3) is 0 Å². The molecule has 2 bridgehead atoms. The van der Waals surface area contributed by atoms with Crippen molar-refractivity contribution in [1.29, 1.82) is 0 Å². The Morgan fingerprint density at radius 2 is 2.10 bits per heavy atom. The summed E-state index contributed by atoms with van der Waals surface area (Å²) in [5.74, 6) is 0.104. The maximum Gasteiger partial charge on any atom is 0.333 e. The van der Waals surface area contributed by atoms with Crippen LogP contribution in [0.15, 0.2) is 4.99 Å². The summed E-state index contributed by atoms with van der Waals surface area (Å²) in [5, 5.41) is 20.7. The first-order chi connectivity index (χ1) is 9.62. The van der Waals surface area contributed by atoms with E-state index in [1.54, 1.807) is 13.8 Å². The van der Waals surface area contributed by atoms with Gasteiger partial charge in [0.25, 0.3) is 0 Å². The second kappa shape index (κ2) is 5.36. The van der Waals surface area contributed by atoms with Crippen LogP contribution >= 0.6 is 0 Å². The number of carbonyl (C=O) groups excluding carboxylic acids is 1. The van der Waals surface area contributed by atoms with Crippen molar-refractivity contribution in [2.24, 2.45) is 22.2 Å². The van der Waals surface area contributed by atoms with Gasteiger partial charge in [-0.3, -0.25) is 4.99 Å². The summed E-state index contributed by atoms with van der Waals surface area (Å²) in [7, 11) is 0. The highest BCUT2D eigenvalue weighted by atomic mass is 16.5. The van der Waals surface area contributed by atoms with Crippen LogP contribution in [0.5, 0.6) is 0 Å². The average molecular weight is 297 g/mol. The van der Waals surface area contributed by atoms with Crippen LogP contribution < -0.4 is 0 Å². The minimum atomic E-state index is -1.02. The van der Waals surface area contributed by atoms with Gasteiger partial charge in [0, 0.05) is 5.71 Å². The summed E-state index contributed by atoms with van der Waals surface area (Å²) in [6.07, 6.45) is 0.746. The van der Waals surface area contributed by atoms with Gasteiger partial charge in [0.2, 0.25) is 0 Å². The minimum Gasteiger partial charge on any atom is -0.464 e. The topological polar surface area (TPSA) is 79.1 Å². The highest BCUT2D eigenvalue weighted by Crippen LogP contribution is 2.61. The molecule has 3 rings (SSSR count). The summed E-state index contributed by atoms with van der Waals surface area (Å²) in [4.78, 5) is 16.3. The number of hydrogen-bond acceptors (Lipinski definition) is 5. The van der Waals surface area contributed by atoms with Crippen molar-refractivity contribution in [2.45, 2.75) is 65.2 Å². The molecule has 0 unspecified atom stereocenters. The Morgan fingerprint density at radius 3 is 2.52 bits per heavy atom. The first-order valence-electron chi connectivity index (χ1n) is 7.76. The zero-order valence-corrected chi connectivity index (χ0v) is 13.6. The highest BCUT2D eigenvalue weighted by Gasteiger charge is 2.61. The molecule has 5 nitrogen and oxygen atoms in total. The lowest BCUT2D eigenvalue weighted by Gasteiger charge is -2.62. The molecule has 21 heavy (non-hydrogen) atoms. The van der Waals surface area contributed by atoms with Crippen molar-refractivity contribution >= 4 is 11.7 Å². The number of nitrogens with zero attached hydrogens (tertiary/aromatic N) is 1. The first kappa shape index (κ1) is 16.4. The molecule has 5 heteroatoms. The highest BCUT2D eigenvalue weighted by molar-refractivity contribution is 5.96. The van der Waals surface area contributed by atoms with E-state index in [9.17, 15) is 15.0 Å². The van der Waals surface area contributed by atoms with E-state index < -0.39 is 23.7 Å². The number of ether oxygens (including phenoxy) is 1. The minimum absolute atomic E-state index is 0.104. The summed E-state index contributed by atoms with van der Waals surface area (Å²) in [5.41, 5.74) is -0.285. The molecule has 3 saturated carbocycles. The van der Waals surface area contributed by atoms with Crippen LogP contribution in [0.3, 0.4) is 0 Å². The summed E-state index contributed by atoms with van der Waals surface area (Å²) < 4.78 is 4.97. The third kappa shape index (κ3) is 2.61. The Morgan fingerprint density at radius 1 is 1.48 bits per heavy atom. The van der Waals surface area contributed by atoms with E-state index in [4.69, 9.17) is 4.74 Å². The van der Waals surface area contributed by atoms with Gasteiger partial charge in [-0.25, -0.2) is 4.79 Å². The van der Waals surface area contributed by atoms with Crippen LogP contribution in [-0.2, 0) is 9.53 Å². The number of carbonyl (C=O) groups is 1. The molecule has 0 aromatic carbocycles. The van der Waals surface area contributed by atoms with Crippen molar-refractivity contribution in [2.75, 3.05) is 6.61 Å². The van der Waals surface area contributed by atoms with Gasteiger partial charge in [-0.05, 0) is 50.9 Å². The summed E-state index contributed by atoms with van der Waals surface area (Å²) in [6.45, 7) is 9.62. The molecule has 5 atom stereocenters. The van der Waals surface area contributed by atoms with Crippen LogP contribution in [0, 0.1) is 17.3 Å². The number of aliphatic hydroxyl groups is 2. The Balaban J connectivity index is 2.26. The van der Waals surface area contributed by atoms with Gasteiger partial charge in [0.05, 0.1) is 12.7 Å². The molecule has 3 aliphatic rings. The number of hydrogen-bond donors (Lipinski definition) is 2. The number of fused-ring (bicyclic) bond motifs is 2. The summed E-state index contributed by atoms with van der Waals surface area (Å²) in [6, 6.07) is -0.952. The van der Waals surface area contributed by atoms with Crippen LogP contribution in [0.2, 0.25) is 0 Å². The van der Waals surface area contributed by atoms with E-state index in [1.807, 2.05) is 0 Å². The molecule has 0 spiro atoms. The molecular weight excluding hydrogens is 270 g/mol. The number of aliphatic imine (C=N–C) groups is 1. The fourth-order valence-corrected chi connectivity index (χ4v) is 3.89. The van der Waals surface area contributed by atoms with E-state index >= 15 is 0 Å². The Hall–Kier alpha value is -0.940. The van der Waals surface area contributed by atoms with Gasteiger partial charge in [0.1, 0.15) is 5.60 Å². The van der Waals surface area contributed by atoms with Crippen LogP contribution in [0.1, 0.15) is 47.5 Å².